The minimum Gasteiger partial charge on any atom is -0.497 e. The molecule has 0 aliphatic carbocycles. The zero-order valence-electron chi connectivity index (χ0n) is 14.4. The highest BCUT2D eigenvalue weighted by molar-refractivity contribution is 5.29. The van der Waals surface area contributed by atoms with Crippen LogP contribution in [-0.2, 0) is 0 Å². The quantitative estimate of drug-likeness (QED) is 0.887. The van der Waals surface area contributed by atoms with Crippen LogP contribution >= 0.6 is 0 Å². The van der Waals surface area contributed by atoms with Gasteiger partial charge in [-0.25, -0.2) is 0 Å². The SMILES string of the molecule is COc1ccc([C@@H]2CCCCCN2C[C@H](O)c2ccccc2)cc1. The molecule has 0 bridgehead atoms. The second-order valence-electron chi connectivity index (χ2n) is 6.56. The van der Waals surface area contributed by atoms with Crippen molar-refractivity contribution in [2.24, 2.45) is 0 Å². The molecule has 1 heterocycles. The molecule has 3 nitrogen and oxygen atoms in total. The average molecular weight is 325 g/mol. The Morgan fingerprint density at radius 2 is 1.79 bits per heavy atom. The summed E-state index contributed by atoms with van der Waals surface area (Å²) >= 11 is 0. The van der Waals surface area contributed by atoms with Crippen molar-refractivity contribution in [2.45, 2.75) is 37.8 Å². The van der Waals surface area contributed by atoms with Gasteiger partial charge in [-0.05, 0) is 42.6 Å². The third-order valence-corrected chi connectivity index (χ3v) is 4.96. The second kappa shape index (κ2) is 8.32. The number of methoxy groups -OCH3 is 1. The number of nitrogens with zero attached hydrogens (tertiary/aromatic N) is 1. The molecule has 0 spiro atoms. The number of hydrogen-bond donors (Lipinski definition) is 1. The van der Waals surface area contributed by atoms with Crippen molar-refractivity contribution in [2.75, 3.05) is 20.2 Å². The maximum absolute atomic E-state index is 10.6. The van der Waals surface area contributed by atoms with Gasteiger partial charge in [0.2, 0.25) is 0 Å². The molecule has 0 unspecified atom stereocenters. The molecule has 3 heteroatoms. The number of β-amino-alcohol motifs (C(OH)–C–C–N with tert-alkyl or cyclic N) is 1. The summed E-state index contributed by atoms with van der Waals surface area (Å²) in [4.78, 5) is 2.45. The largest absolute Gasteiger partial charge is 0.497 e. The first-order valence-electron chi connectivity index (χ1n) is 8.89. The van der Waals surface area contributed by atoms with Crippen LogP contribution < -0.4 is 4.74 Å². The highest BCUT2D eigenvalue weighted by atomic mass is 16.5. The van der Waals surface area contributed by atoms with Crippen molar-refractivity contribution >= 4 is 0 Å². The Bertz CT molecular complexity index is 611. The topological polar surface area (TPSA) is 32.7 Å². The number of rotatable bonds is 5. The van der Waals surface area contributed by atoms with Crippen LogP contribution in [-0.4, -0.2) is 30.2 Å². The smallest absolute Gasteiger partial charge is 0.118 e. The lowest BCUT2D eigenvalue weighted by molar-refractivity contribution is 0.0877. The Morgan fingerprint density at radius 1 is 1.04 bits per heavy atom. The molecule has 1 aliphatic heterocycles. The maximum atomic E-state index is 10.6. The summed E-state index contributed by atoms with van der Waals surface area (Å²) in [6.07, 6.45) is 4.42. The molecule has 1 saturated heterocycles. The van der Waals surface area contributed by atoms with Crippen molar-refractivity contribution in [1.29, 1.82) is 0 Å². The first-order chi connectivity index (χ1) is 11.8. The van der Waals surface area contributed by atoms with Crippen molar-refractivity contribution in [1.82, 2.24) is 4.90 Å². The fourth-order valence-corrected chi connectivity index (χ4v) is 3.59. The molecule has 2 aromatic rings. The normalized spacial score (nSPS) is 20.3. The molecule has 2 atom stereocenters. The highest BCUT2D eigenvalue weighted by Gasteiger charge is 2.25. The Balaban J connectivity index is 1.76. The molecule has 0 saturated carbocycles. The van der Waals surface area contributed by atoms with Gasteiger partial charge in [-0.3, -0.25) is 4.90 Å². The van der Waals surface area contributed by atoms with Gasteiger partial charge in [0.1, 0.15) is 5.75 Å². The van der Waals surface area contributed by atoms with Gasteiger partial charge < -0.3 is 9.84 Å². The molecule has 128 valence electrons. The summed E-state index contributed by atoms with van der Waals surface area (Å²) in [5, 5.41) is 10.6. The van der Waals surface area contributed by atoms with Crippen LogP contribution in [0.5, 0.6) is 5.75 Å². The maximum Gasteiger partial charge on any atom is 0.118 e. The van der Waals surface area contributed by atoms with Crippen LogP contribution in [0.25, 0.3) is 0 Å². The van der Waals surface area contributed by atoms with Crippen LogP contribution in [0.3, 0.4) is 0 Å². The van der Waals surface area contributed by atoms with Gasteiger partial charge in [0.05, 0.1) is 13.2 Å². The van der Waals surface area contributed by atoms with Gasteiger partial charge in [-0.2, -0.15) is 0 Å². The second-order valence-corrected chi connectivity index (χ2v) is 6.56. The minimum absolute atomic E-state index is 0.372. The molecule has 2 aromatic carbocycles. The fourth-order valence-electron chi connectivity index (χ4n) is 3.59. The van der Waals surface area contributed by atoms with Crippen LogP contribution in [0.15, 0.2) is 54.6 Å². The molecular formula is C21H27NO2. The van der Waals surface area contributed by atoms with E-state index in [-0.39, 0.29) is 0 Å². The summed E-state index contributed by atoms with van der Waals surface area (Å²) < 4.78 is 5.28. The number of aliphatic hydroxyl groups is 1. The Morgan fingerprint density at radius 3 is 2.50 bits per heavy atom. The van der Waals surface area contributed by atoms with Gasteiger partial charge in [-0.1, -0.05) is 55.3 Å². The van der Waals surface area contributed by atoms with Crippen molar-refractivity contribution in [3.63, 3.8) is 0 Å². The molecule has 1 N–H and O–H groups in total. The summed E-state index contributed by atoms with van der Waals surface area (Å²) in [6.45, 7) is 1.72. The van der Waals surface area contributed by atoms with Gasteiger partial charge in [-0.15, -0.1) is 0 Å². The van der Waals surface area contributed by atoms with E-state index < -0.39 is 6.10 Å². The van der Waals surface area contributed by atoms with Crippen LogP contribution in [0.4, 0.5) is 0 Å². The third kappa shape index (κ3) is 4.16. The van der Waals surface area contributed by atoms with E-state index in [2.05, 4.69) is 17.0 Å². The lowest BCUT2D eigenvalue weighted by Crippen LogP contribution is -2.32. The standard InChI is InChI=1S/C21H27NO2/c1-24-19-13-11-17(12-14-19)20-10-6-3-7-15-22(20)16-21(23)18-8-4-2-5-9-18/h2,4-5,8-9,11-14,20-21,23H,3,6-7,10,15-16H2,1H3/t20-,21-/m0/s1. The number of hydrogen-bond acceptors (Lipinski definition) is 3. The Kier molecular flexibility index (Phi) is 5.89. The number of benzene rings is 2. The highest BCUT2D eigenvalue weighted by Crippen LogP contribution is 2.32. The Labute approximate surface area is 144 Å². The average Bonchev–Trinajstić information content (AvgIpc) is 2.88. The predicted octanol–water partition coefficient (Wildman–Crippen LogP) is 4.35. The zero-order valence-corrected chi connectivity index (χ0v) is 14.4. The number of likely N-dealkylation sites (tertiary alicyclic amines) is 1. The van der Waals surface area contributed by atoms with Gasteiger partial charge in [0, 0.05) is 12.6 Å². The van der Waals surface area contributed by atoms with Gasteiger partial charge >= 0.3 is 0 Å². The van der Waals surface area contributed by atoms with E-state index >= 15 is 0 Å². The van der Waals surface area contributed by atoms with E-state index in [1.807, 2.05) is 42.5 Å². The number of aliphatic hydroxyl groups excluding tert-OH is 1. The Hall–Kier alpha value is -1.84. The summed E-state index contributed by atoms with van der Waals surface area (Å²) in [6, 6.07) is 18.7. The monoisotopic (exact) mass is 325 g/mol. The molecular weight excluding hydrogens is 298 g/mol. The lowest BCUT2D eigenvalue weighted by atomic mass is 9.99. The molecule has 0 amide bonds. The minimum atomic E-state index is -0.440. The molecule has 0 radical (unpaired) electrons. The van der Waals surface area contributed by atoms with Crippen molar-refractivity contribution in [3.8, 4) is 5.75 Å². The van der Waals surface area contributed by atoms with Crippen molar-refractivity contribution < 1.29 is 9.84 Å². The predicted molar refractivity (Wildman–Crippen MR) is 97.2 cm³/mol. The van der Waals surface area contributed by atoms with Gasteiger partial charge in [0.25, 0.3) is 0 Å². The van der Waals surface area contributed by atoms with E-state index in [9.17, 15) is 5.11 Å². The van der Waals surface area contributed by atoms with Crippen LogP contribution in [0.1, 0.15) is 49.0 Å². The molecule has 3 rings (SSSR count). The lowest BCUT2D eigenvalue weighted by Gasteiger charge is -2.32. The van der Waals surface area contributed by atoms with E-state index in [0.29, 0.717) is 12.6 Å². The summed E-state index contributed by atoms with van der Waals surface area (Å²) in [7, 11) is 1.70. The molecule has 0 aromatic heterocycles. The van der Waals surface area contributed by atoms with E-state index in [1.54, 1.807) is 7.11 Å². The summed E-state index contributed by atoms with van der Waals surface area (Å²) in [5.74, 6) is 0.892. The number of ether oxygens (including phenoxy) is 1. The van der Waals surface area contributed by atoms with Crippen LogP contribution in [0.2, 0.25) is 0 Å². The fraction of sp³-hybridized carbons (Fsp3) is 0.429. The molecule has 24 heavy (non-hydrogen) atoms. The van der Waals surface area contributed by atoms with Crippen LogP contribution in [0, 0.1) is 0 Å². The first kappa shape index (κ1) is 17.0. The van der Waals surface area contributed by atoms with Crippen molar-refractivity contribution in [3.05, 3.63) is 65.7 Å². The van der Waals surface area contributed by atoms with E-state index in [4.69, 9.17) is 4.74 Å². The van der Waals surface area contributed by atoms with E-state index in [0.717, 1.165) is 24.3 Å². The van der Waals surface area contributed by atoms with E-state index in [1.165, 1.54) is 24.8 Å². The zero-order chi connectivity index (χ0) is 16.8. The van der Waals surface area contributed by atoms with Gasteiger partial charge in [0.15, 0.2) is 0 Å². The molecule has 1 fully saturated rings. The third-order valence-electron chi connectivity index (χ3n) is 4.96. The first-order valence-corrected chi connectivity index (χ1v) is 8.89. The molecule has 1 aliphatic rings. The summed E-state index contributed by atoms with van der Waals surface area (Å²) in [5.41, 5.74) is 2.31.